The Morgan fingerprint density at radius 1 is 1.38 bits per heavy atom. The Morgan fingerprint density at radius 2 is 2.12 bits per heavy atom. The fraction of sp³-hybridized carbons (Fsp3) is 0.444. The molecule has 0 fully saturated rings. The minimum Gasteiger partial charge on any atom is -0.486 e. The third-order valence-electron chi connectivity index (χ3n) is 4.24. The van der Waals surface area contributed by atoms with E-state index in [4.69, 9.17) is 9.47 Å². The summed E-state index contributed by atoms with van der Waals surface area (Å²) in [5.74, 6) is 1.48. The minimum absolute atomic E-state index is 0.00934. The van der Waals surface area contributed by atoms with E-state index in [1.807, 2.05) is 43.1 Å². The molecule has 3 rings (SSSR count). The van der Waals surface area contributed by atoms with Crippen LogP contribution in [0.2, 0.25) is 0 Å². The van der Waals surface area contributed by atoms with Gasteiger partial charge >= 0.3 is 0 Å². The zero-order valence-electron chi connectivity index (χ0n) is 14.4. The quantitative estimate of drug-likeness (QED) is 0.845. The highest BCUT2D eigenvalue weighted by Crippen LogP contribution is 2.31. The van der Waals surface area contributed by atoms with Crippen molar-refractivity contribution in [3.05, 3.63) is 41.7 Å². The SMILES string of the molecule is CCCN(CC1COc2ccccc2O1)C(=O)c1cnn(C)c1C. The van der Waals surface area contributed by atoms with E-state index in [-0.39, 0.29) is 12.0 Å². The Hall–Kier alpha value is -2.50. The molecular weight excluding hydrogens is 306 g/mol. The molecule has 0 aliphatic carbocycles. The largest absolute Gasteiger partial charge is 0.486 e. The van der Waals surface area contributed by atoms with Crippen molar-refractivity contribution in [3.8, 4) is 11.5 Å². The Kier molecular flexibility index (Phi) is 4.74. The number of fused-ring (bicyclic) bond motifs is 1. The lowest BCUT2D eigenvalue weighted by Gasteiger charge is -2.31. The number of ether oxygens (including phenoxy) is 2. The first-order valence-corrected chi connectivity index (χ1v) is 8.26. The highest BCUT2D eigenvalue weighted by atomic mass is 16.6. The van der Waals surface area contributed by atoms with Gasteiger partial charge in [-0.15, -0.1) is 0 Å². The lowest BCUT2D eigenvalue weighted by atomic mass is 10.2. The van der Waals surface area contributed by atoms with E-state index in [1.54, 1.807) is 10.9 Å². The standard InChI is InChI=1S/C18H23N3O3/c1-4-9-21(18(22)15-10-19-20(3)13(15)2)11-14-12-23-16-7-5-6-8-17(16)24-14/h5-8,10,14H,4,9,11-12H2,1-3H3. The van der Waals surface area contributed by atoms with E-state index >= 15 is 0 Å². The molecule has 24 heavy (non-hydrogen) atoms. The summed E-state index contributed by atoms with van der Waals surface area (Å²) < 4.78 is 13.5. The number of nitrogens with zero attached hydrogens (tertiary/aromatic N) is 3. The Balaban J connectivity index is 1.73. The molecule has 1 aromatic heterocycles. The van der Waals surface area contributed by atoms with E-state index < -0.39 is 0 Å². The van der Waals surface area contributed by atoms with Gasteiger partial charge in [0.25, 0.3) is 5.91 Å². The van der Waals surface area contributed by atoms with Crippen LogP contribution in [0.1, 0.15) is 29.4 Å². The second kappa shape index (κ2) is 6.95. The van der Waals surface area contributed by atoms with Crippen molar-refractivity contribution in [2.24, 2.45) is 7.05 Å². The van der Waals surface area contributed by atoms with Crippen molar-refractivity contribution in [3.63, 3.8) is 0 Å². The molecule has 0 N–H and O–H groups in total. The maximum Gasteiger partial charge on any atom is 0.257 e. The molecule has 2 aromatic rings. The molecule has 1 amide bonds. The molecule has 0 spiro atoms. The van der Waals surface area contributed by atoms with Crippen LogP contribution in [0.15, 0.2) is 30.5 Å². The van der Waals surface area contributed by atoms with Crippen molar-refractivity contribution in [2.75, 3.05) is 19.7 Å². The molecule has 6 heteroatoms. The Labute approximate surface area is 142 Å². The Morgan fingerprint density at radius 3 is 2.79 bits per heavy atom. The minimum atomic E-state index is -0.174. The summed E-state index contributed by atoms with van der Waals surface area (Å²) in [6.07, 6.45) is 2.34. The van der Waals surface area contributed by atoms with E-state index in [0.29, 0.717) is 25.3 Å². The van der Waals surface area contributed by atoms with Gasteiger partial charge in [0, 0.05) is 19.3 Å². The zero-order valence-corrected chi connectivity index (χ0v) is 14.4. The zero-order chi connectivity index (χ0) is 17.1. The molecule has 128 valence electrons. The normalized spacial score (nSPS) is 16.0. The fourth-order valence-electron chi connectivity index (χ4n) is 2.82. The van der Waals surface area contributed by atoms with Gasteiger partial charge in [-0.2, -0.15) is 5.10 Å². The molecule has 0 radical (unpaired) electrons. The molecule has 6 nitrogen and oxygen atoms in total. The summed E-state index contributed by atoms with van der Waals surface area (Å²) in [7, 11) is 1.84. The third kappa shape index (κ3) is 3.22. The van der Waals surface area contributed by atoms with Gasteiger partial charge in [-0.1, -0.05) is 19.1 Å². The molecule has 1 aliphatic heterocycles. The van der Waals surface area contributed by atoms with Gasteiger partial charge in [-0.25, -0.2) is 0 Å². The van der Waals surface area contributed by atoms with Crippen LogP contribution in [0.4, 0.5) is 0 Å². The van der Waals surface area contributed by atoms with Gasteiger partial charge in [0.1, 0.15) is 6.61 Å². The number of amides is 1. The number of para-hydroxylation sites is 2. The van der Waals surface area contributed by atoms with E-state index in [9.17, 15) is 4.79 Å². The van der Waals surface area contributed by atoms with Crippen molar-refractivity contribution >= 4 is 5.91 Å². The van der Waals surface area contributed by atoms with Crippen LogP contribution in [-0.2, 0) is 7.05 Å². The van der Waals surface area contributed by atoms with E-state index in [2.05, 4.69) is 12.0 Å². The van der Waals surface area contributed by atoms with Crippen LogP contribution in [0.25, 0.3) is 0 Å². The number of carbonyl (C=O) groups excluding carboxylic acids is 1. The summed E-state index contributed by atoms with van der Waals surface area (Å²) in [6, 6.07) is 7.61. The summed E-state index contributed by atoms with van der Waals surface area (Å²) in [4.78, 5) is 14.7. The average molecular weight is 329 g/mol. The molecular formula is C18H23N3O3. The highest BCUT2D eigenvalue weighted by molar-refractivity contribution is 5.95. The van der Waals surface area contributed by atoms with Gasteiger partial charge in [0.2, 0.25) is 0 Å². The van der Waals surface area contributed by atoms with Gasteiger partial charge in [0.15, 0.2) is 17.6 Å². The van der Waals surface area contributed by atoms with Crippen LogP contribution in [-0.4, -0.2) is 46.4 Å². The molecule has 1 aromatic carbocycles. The molecule has 1 atom stereocenters. The van der Waals surface area contributed by atoms with Crippen LogP contribution in [0.5, 0.6) is 11.5 Å². The lowest BCUT2D eigenvalue weighted by Crippen LogP contribution is -2.44. The summed E-state index contributed by atoms with van der Waals surface area (Å²) >= 11 is 0. The molecule has 1 aliphatic rings. The number of benzene rings is 1. The van der Waals surface area contributed by atoms with E-state index in [0.717, 1.165) is 23.6 Å². The molecule has 2 heterocycles. The van der Waals surface area contributed by atoms with Crippen LogP contribution in [0.3, 0.4) is 0 Å². The summed E-state index contributed by atoms with van der Waals surface area (Å²) in [6.45, 7) is 5.57. The number of carbonyl (C=O) groups is 1. The second-order valence-electron chi connectivity index (χ2n) is 6.02. The summed E-state index contributed by atoms with van der Waals surface area (Å²) in [5.41, 5.74) is 1.51. The maximum absolute atomic E-state index is 12.9. The number of aryl methyl sites for hydroxylation is 1. The lowest BCUT2D eigenvalue weighted by molar-refractivity contribution is 0.0462. The second-order valence-corrected chi connectivity index (χ2v) is 6.02. The molecule has 0 saturated carbocycles. The van der Waals surface area contributed by atoms with Crippen molar-refractivity contribution in [1.29, 1.82) is 0 Å². The van der Waals surface area contributed by atoms with Gasteiger partial charge in [-0.05, 0) is 25.5 Å². The Bertz CT molecular complexity index is 726. The highest BCUT2D eigenvalue weighted by Gasteiger charge is 2.27. The number of aromatic nitrogens is 2. The predicted octanol–water partition coefficient (Wildman–Crippen LogP) is 2.42. The smallest absolute Gasteiger partial charge is 0.257 e. The number of hydrogen-bond acceptors (Lipinski definition) is 4. The van der Waals surface area contributed by atoms with Gasteiger partial charge in [0.05, 0.1) is 18.3 Å². The van der Waals surface area contributed by atoms with Gasteiger partial charge < -0.3 is 14.4 Å². The molecule has 0 bridgehead atoms. The molecule has 1 unspecified atom stereocenters. The number of hydrogen-bond donors (Lipinski definition) is 0. The predicted molar refractivity (Wildman–Crippen MR) is 90.5 cm³/mol. The van der Waals surface area contributed by atoms with Crippen molar-refractivity contribution < 1.29 is 14.3 Å². The van der Waals surface area contributed by atoms with Crippen LogP contribution >= 0.6 is 0 Å². The van der Waals surface area contributed by atoms with Crippen LogP contribution < -0.4 is 9.47 Å². The van der Waals surface area contributed by atoms with Crippen molar-refractivity contribution in [2.45, 2.75) is 26.4 Å². The monoisotopic (exact) mass is 329 g/mol. The topological polar surface area (TPSA) is 56.6 Å². The first-order chi connectivity index (χ1) is 11.6. The first-order valence-electron chi connectivity index (χ1n) is 8.26. The van der Waals surface area contributed by atoms with Crippen LogP contribution in [0, 0.1) is 6.92 Å². The number of rotatable bonds is 5. The third-order valence-corrected chi connectivity index (χ3v) is 4.24. The first kappa shape index (κ1) is 16.4. The van der Waals surface area contributed by atoms with Gasteiger partial charge in [-0.3, -0.25) is 9.48 Å². The maximum atomic E-state index is 12.9. The van der Waals surface area contributed by atoms with E-state index in [1.165, 1.54) is 0 Å². The molecule has 0 saturated heterocycles. The summed E-state index contributed by atoms with van der Waals surface area (Å²) in [5, 5.41) is 4.17. The van der Waals surface area contributed by atoms with Crippen molar-refractivity contribution in [1.82, 2.24) is 14.7 Å². The fourth-order valence-corrected chi connectivity index (χ4v) is 2.82. The average Bonchev–Trinajstić information content (AvgIpc) is 2.93.